The molecule has 0 aliphatic carbocycles. The molecule has 25 heavy (non-hydrogen) atoms. The molecule has 3 aromatic carbocycles. The Bertz CT molecular complexity index is 733. The van der Waals surface area contributed by atoms with Gasteiger partial charge in [-0.05, 0) is 30.4 Å². The average molecular weight is 328 g/mol. The van der Waals surface area contributed by atoms with Crippen LogP contribution in [-0.4, -0.2) is 6.61 Å². The van der Waals surface area contributed by atoms with Crippen LogP contribution >= 0.6 is 0 Å². The van der Waals surface area contributed by atoms with Crippen LogP contribution in [0.15, 0.2) is 91.5 Å². The number of ether oxygens (including phenoxy) is 1. The van der Waals surface area contributed by atoms with E-state index in [0.29, 0.717) is 0 Å². The maximum Gasteiger partial charge on any atom is 0.134 e. The third kappa shape index (κ3) is 4.39. The third-order valence-corrected chi connectivity index (χ3v) is 4.23. The Morgan fingerprint density at radius 3 is 1.76 bits per heavy atom. The highest BCUT2D eigenvalue weighted by Gasteiger charge is 2.13. The van der Waals surface area contributed by atoms with E-state index in [-0.39, 0.29) is 0 Å². The van der Waals surface area contributed by atoms with Gasteiger partial charge in [-0.1, -0.05) is 84.9 Å². The van der Waals surface area contributed by atoms with Gasteiger partial charge in [-0.25, -0.2) is 0 Å². The summed E-state index contributed by atoms with van der Waals surface area (Å²) < 4.78 is 6.29. The smallest absolute Gasteiger partial charge is 0.134 e. The summed E-state index contributed by atoms with van der Waals surface area (Å²) >= 11 is 0. The number of benzene rings is 3. The van der Waals surface area contributed by atoms with Crippen molar-refractivity contribution in [1.82, 2.24) is 0 Å². The molecule has 0 aliphatic heterocycles. The molecule has 0 aromatic heterocycles. The SMILES string of the molecule is C=CCCCCOc1c(-c2ccccc2)cccc1-c1ccccc1. The molecule has 0 spiro atoms. The summed E-state index contributed by atoms with van der Waals surface area (Å²) in [5.74, 6) is 0.971. The normalized spacial score (nSPS) is 10.4. The van der Waals surface area contributed by atoms with Crippen molar-refractivity contribution >= 4 is 0 Å². The fourth-order valence-electron chi connectivity index (χ4n) is 2.95. The average Bonchev–Trinajstić information content (AvgIpc) is 2.69. The van der Waals surface area contributed by atoms with Crippen molar-refractivity contribution in [3.05, 3.63) is 91.5 Å². The fourth-order valence-corrected chi connectivity index (χ4v) is 2.95. The zero-order valence-corrected chi connectivity index (χ0v) is 14.5. The largest absolute Gasteiger partial charge is 0.492 e. The predicted molar refractivity (Wildman–Crippen MR) is 107 cm³/mol. The van der Waals surface area contributed by atoms with Gasteiger partial charge in [-0.3, -0.25) is 0 Å². The van der Waals surface area contributed by atoms with E-state index >= 15 is 0 Å². The van der Waals surface area contributed by atoms with Crippen LogP contribution in [-0.2, 0) is 0 Å². The fraction of sp³-hybridized carbons (Fsp3) is 0.167. The van der Waals surface area contributed by atoms with Crippen molar-refractivity contribution in [3.63, 3.8) is 0 Å². The van der Waals surface area contributed by atoms with Gasteiger partial charge >= 0.3 is 0 Å². The highest BCUT2D eigenvalue weighted by molar-refractivity contribution is 5.82. The van der Waals surface area contributed by atoms with Gasteiger partial charge in [0.15, 0.2) is 0 Å². The number of para-hydroxylation sites is 1. The van der Waals surface area contributed by atoms with Gasteiger partial charge < -0.3 is 4.74 Å². The van der Waals surface area contributed by atoms with E-state index in [2.05, 4.69) is 73.3 Å². The van der Waals surface area contributed by atoms with Crippen LogP contribution in [0.4, 0.5) is 0 Å². The molecule has 0 aliphatic rings. The summed E-state index contributed by atoms with van der Waals surface area (Å²) in [5.41, 5.74) is 4.65. The Hall–Kier alpha value is -2.80. The number of hydrogen-bond donors (Lipinski definition) is 0. The molecule has 1 heteroatoms. The first-order valence-corrected chi connectivity index (χ1v) is 8.87. The molecular formula is C24H24O. The van der Waals surface area contributed by atoms with Crippen LogP contribution in [0.1, 0.15) is 19.3 Å². The highest BCUT2D eigenvalue weighted by atomic mass is 16.5. The van der Waals surface area contributed by atoms with Crippen molar-refractivity contribution in [3.8, 4) is 28.0 Å². The Balaban J connectivity index is 1.96. The number of rotatable bonds is 8. The van der Waals surface area contributed by atoms with E-state index in [1.54, 1.807) is 0 Å². The Morgan fingerprint density at radius 2 is 1.24 bits per heavy atom. The topological polar surface area (TPSA) is 9.23 Å². The van der Waals surface area contributed by atoms with Crippen LogP contribution < -0.4 is 4.74 Å². The first kappa shape index (κ1) is 17.0. The van der Waals surface area contributed by atoms with Crippen LogP contribution in [0, 0.1) is 0 Å². The van der Waals surface area contributed by atoms with Crippen molar-refractivity contribution < 1.29 is 4.74 Å². The van der Waals surface area contributed by atoms with E-state index in [4.69, 9.17) is 4.74 Å². The van der Waals surface area contributed by atoms with Crippen molar-refractivity contribution in [2.24, 2.45) is 0 Å². The molecule has 0 radical (unpaired) electrons. The quantitative estimate of drug-likeness (QED) is 0.328. The van der Waals surface area contributed by atoms with E-state index in [9.17, 15) is 0 Å². The second-order valence-corrected chi connectivity index (χ2v) is 6.05. The lowest BCUT2D eigenvalue weighted by Gasteiger charge is -2.16. The summed E-state index contributed by atoms with van der Waals surface area (Å²) in [6.45, 7) is 4.50. The van der Waals surface area contributed by atoms with Crippen LogP contribution in [0.5, 0.6) is 5.75 Å². The highest BCUT2D eigenvalue weighted by Crippen LogP contribution is 2.39. The first-order chi connectivity index (χ1) is 12.4. The van der Waals surface area contributed by atoms with E-state index in [1.807, 2.05) is 18.2 Å². The van der Waals surface area contributed by atoms with Crippen LogP contribution in [0.3, 0.4) is 0 Å². The minimum absolute atomic E-state index is 0.720. The minimum Gasteiger partial charge on any atom is -0.492 e. The van der Waals surface area contributed by atoms with E-state index in [0.717, 1.165) is 42.7 Å². The standard InChI is InChI=1S/C24H24O/c1-2-3-4-11-19-25-24-22(20-13-7-5-8-14-20)17-12-18-23(24)21-15-9-6-10-16-21/h2,5-10,12-18H,1,3-4,11,19H2. The molecule has 0 amide bonds. The van der Waals surface area contributed by atoms with Crippen LogP contribution in [0.2, 0.25) is 0 Å². The number of allylic oxidation sites excluding steroid dienone is 1. The first-order valence-electron chi connectivity index (χ1n) is 8.87. The Morgan fingerprint density at radius 1 is 0.680 bits per heavy atom. The van der Waals surface area contributed by atoms with Crippen molar-refractivity contribution in [2.75, 3.05) is 6.61 Å². The van der Waals surface area contributed by atoms with Gasteiger partial charge in [0.05, 0.1) is 6.61 Å². The van der Waals surface area contributed by atoms with Gasteiger partial charge in [-0.2, -0.15) is 0 Å². The third-order valence-electron chi connectivity index (χ3n) is 4.23. The molecule has 0 fully saturated rings. The lowest BCUT2D eigenvalue weighted by Crippen LogP contribution is -2.00. The second kappa shape index (κ2) is 8.89. The molecule has 1 nitrogen and oxygen atoms in total. The zero-order valence-electron chi connectivity index (χ0n) is 14.5. The lowest BCUT2D eigenvalue weighted by molar-refractivity contribution is 0.310. The summed E-state index contributed by atoms with van der Waals surface area (Å²) in [4.78, 5) is 0. The maximum atomic E-state index is 6.29. The van der Waals surface area contributed by atoms with E-state index in [1.165, 1.54) is 11.1 Å². The van der Waals surface area contributed by atoms with Gasteiger partial charge in [0.1, 0.15) is 5.75 Å². The van der Waals surface area contributed by atoms with Crippen LogP contribution in [0.25, 0.3) is 22.3 Å². The van der Waals surface area contributed by atoms with Crippen molar-refractivity contribution in [2.45, 2.75) is 19.3 Å². The summed E-state index contributed by atoms with van der Waals surface area (Å²) in [7, 11) is 0. The molecular weight excluding hydrogens is 304 g/mol. The monoisotopic (exact) mass is 328 g/mol. The molecule has 3 aromatic rings. The second-order valence-electron chi connectivity index (χ2n) is 6.05. The summed E-state index contributed by atoms with van der Waals surface area (Å²) in [6.07, 6.45) is 5.14. The number of hydrogen-bond acceptors (Lipinski definition) is 1. The number of unbranched alkanes of at least 4 members (excludes halogenated alkanes) is 2. The molecule has 0 unspecified atom stereocenters. The molecule has 0 atom stereocenters. The van der Waals surface area contributed by atoms with Gasteiger partial charge in [-0.15, -0.1) is 6.58 Å². The minimum atomic E-state index is 0.720. The molecule has 0 heterocycles. The zero-order chi connectivity index (χ0) is 17.3. The van der Waals surface area contributed by atoms with E-state index < -0.39 is 0 Å². The predicted octanol–water partition coefficient (Wildman–Crippen LogP) is 6.76. The summed E-state index contributed by atoms with van der Waals surface area (Å²) in [5, 5.41) is 0. The lowest BCUT2D eigenvalue weighted by atomic mass is 9.97. The molecule has 0 saturated carbocycles. The van der Waals surface area contributed by atoms with Gasteiger partial charge in [0.25, 0.3) is 0 Å². The van der Waals surface area contributed by atoms with Gasteiger partial charge in [0.2, 0.25) is 0 Å². The summed E-state index contributed by atoms with van der Waals surface area (Å²) in [6, 6.07) is 27.3. The van der Waals surface area contributed by atoms with Gasteiger partial charge in [0, 0.05) is 11.1 Å². The molecule has 0 saturated heterocycles. The molecule has 0 N–H and O–H groups in total. The molecule has 126 valence electrons. The Kier molecular flexibility index (Phi) is 6.06. The Labute approximate surface area is 150 Å². The maximum absolute atomic E-state index is 6.29. The molecule has 0 bridgehead atoms. The molecule has 3 rings (SSSR count). The van der Waals surface area contributed by atoms with Crippen molar-refractivity contribution in [1.29, 1.82) is 0 Å².